The van der Waals surface area contributed by atoms with Crippen molar-refractivity contribution in [3.05, 3.63) is 35.9 Å². The molecule has 0 unspecified atom stereocenters. The van der Waals surface area contributed by atoms with Crippen molar-refractivity contribution in [2.24, 2.45) is 5.73 Å². The maximum Gasteiger partial charge on any atom is 0.0219 e. The first kappa shape index (κ1) is 10.7. The number of hydrogen-bond acceptors (Lipinski definition) is 2. The van der Waals surface area contributed by atoms with Gasteiger partial charge in [-0.3, -0.25) is 0 Å². The molecule has 2 heteroatoms. The van der Waals surface area contributed by atoms with E-state index in [1.54, 1.807) is 0 Å². The molecule has 1 aromatic rings. The topological polar surface area (TPSA) is 38.0 Å². The minimum Gasteiger partial charge on any atom is -0.326 e. The Hall–Kier alpha value is -0.860. The molecule has 2 nitrogen and oxygen atoms in total. The van der Waals surface area contributed by atoms with E-state index in [9.17, 15) is 0 Å². The van der Waals surface area contributed by atoms with Crippen LogP contribution in [0.2, 0.25) is 0 Å². The van der Waals surface area contributed by atoms with Gasteiger partial charge in [-0.1, -0.05) is 36.8 Å². The van der Waals surface area contributed by atoms with Crippen LogP contribution in [0.25, 0.3) is 0 Å². The van der Waals surface area contributed by atoms with Gasteiger partial charge in [-0.2, -0.15) is 0 Å². The van der Waals surface area contributed by atoms with E-state index in [4.69, 9.17) is 5.73 Å². The molecule has 0 amide bonds. The first-order valence-corrected chi connectivity index (χ1v) is 5.89. The zero-order chi connectivity index (χ0) is 10.5. The van der Waals surface area contributed by atoms with E-state index in [1.807, 2.05) is 0 Å². The molecule has 0 aliphatic heterocycles. The molecule has 0 radical (unpaired) electrons. The van der Waals surface area contributed by atoms with E-state index in [0.29, 0.717) is 12.1 Å². The zero-order valence-corrected chi connectivity index (χ0v) is 9.15. The molecular formula is C13H20N2. The normalized spacial score (nSPS) is 25.7. The quantitative estimate of drug-likeness (QED) is 0.783. The summed E-state index contributed by atoms with van der Waals surface area (Å²) >= 11 is 0. The maximum absolute atomic E-state index is 6.00. The smallest absolute Gasteiger partial charge is 0.0219 e. The van der Waals surface area contributed by atoms with Crippen molar-refractivity contribution in [1.82, 2.24) is 5.32 Å². The second kappa shape index (κ2) is 5.29. The lowest BCUT2D eigenvalue weighted by atomic mass is 10.1. The average Bonchev–Trinajstić information content (AvgIpc) is 2.66. The highest BCUT2D eigenvalue weighted by molar-refractivity contribution is 5.14. The van der Waals surface area contributed by atoms with Gasteiger partial charge in [-0.25, -0.2) is 0 Å². The third-order valence-corrected chi connectivity index (χ3v) is 3.23. The van der Waals surface area contributed by atoms with Crippen molar-refractivity contribution in [3.63, 3.8) is 0 Å². The van der Waals surface area contributed by atoms with Gasteiger partial charge in [0.25, 0.3) is 0 Å². The Balaban J connectivity index is 1.71. The maximum atomic E-state index is 6.00. The second-order valence-electron chi connectivity index (χ2n) is 4.39. The fourth-order valence-corrected chi connectivity index (χ4v) is 2.29. The SMILES string of the molecule is N[C@H]1CCC[C@H]1NCCc1ccccc1. The zero-order valence-electron chi connectivity index (χ0n) is 9.15. The summed E-state index contributed by atoms with van der Waals surface area (Å²) in [6.45, 7) is 1.04. The Kier molecular flexibility index (Phi) is 3.75. The van der Waals surface area contributed by atoms with Crippen molar-refractivity contribution in [2.45, 2.75) is 37.8 Å². The minimum absolute atomic E-state index is 0.376. The molecule has 2 atom stereocenters. The molecule has 1 fully saturated rings. The Bertz CT molecular complexity index is 284. The molecule has 0 aromatic heterocycles. The van der Waals surface area contributed by atoms with Crippen molar-refractivity contribution >= 4 is 0 Å². The number of benzene rings is 1. The lowest BCUT2D eigenvalue weighted by Gasteiger charge is -2.16. The molecule has 1 aliphatic carbocycles. The highest BCUT2D eigenvalue weighted by Crippen LogP contribution is 2.16. The van der Waals surface area contributed by atoms with Crippen LogP contribution in [0.15, 0.2) is 30.3 Å². The van der Waals surface area contributed by atoms with Gasteiger partial charge < -0.3 is 11.1 Å². The summed E-state index contributed by atoms with van der Waals surface area (Å²) in [5.41, 5.74) is 7.40. The van der Waals surface area contributed by atoms with E-state index in [-0.39, 0.29) is 0 Å². The minimum atomic E-state index is 0.376. The monoisotopic (exact) mass is 204 g/mol. The van der Waals surface area contributed by atoms with E-state index in [1.165, 1.54) is 24.8 Å². The van der Waals surface area contributed by atoms with Gasteiger partial charge in [0.1, 0.15) is 0 Å². The Morgan fingerprint density at radius 3 is 2.67 bits per heavy atom. The molecule has 0 bridgehead atoms. The predicted molar refractivity (Wildman–Crippen MR) is 63.8 cm³/mol. The van der Waals surface area contributed by atoms with E-state index in [2.05, 4.69) is 35.6 Å². The highest BCUT2D eigenvalue weighted by Gasteiger charge is 2.22. The van der Waals surface area contributed by atoms with Gasteiger partial charge in [-0.15, -0.1) is 0 Å². The van der Waals surface area contributed by atoms with E-state index < -0.39 is 0 Å². The van der Waals surface area contributed by atoms with E-state index in [0.717, 1.165) is 13.0 Å². The molecule has 0 saturated heterocycles. The number of nitrogens with one attached hydrogen (secondary N) is 1. The third-order valence-electron chi connectivity index (χ3n) is 3.23. The Morgan fingerprint density at radius 1 is 1.20 bits per heavy atom. The van der Waals surface area contributed by atoms with Gasteiger partial charge in [-0.05, 0) is 31.4 Å². The summed E-state index contributed by atoms with van der Waals surface area (Å²) in [6.07, 6.45) is 4.81. The van der Waals surface area contributed by atoms with Crippen molar-refractivity contribution in [3.8, 4) is 0 Å². The lowest BCUT2D eigenvalue weighted by molar-refractivity contribution is 0.479. The summed E-state index contributed by atoms with van der Waals surface area (Å²) in [5, 5.41) is 3.55. The number of rotatable bonds is 4. The lowest BCUT2D eigenvalue weighted by Crippen LogP contribution is -2.41. The van der Waals surface area contributed by atoms with E-state index >= 15 is 0 Å². The fourth-order valence-electron chi connectivity index (χ4n) is 2.29. The molecule has 1 aliphatic rings. The number of nitrogens with two attached hydrogens (primary N) is 1. The molecule has 2 rings (SSSR count). The van der Waals surface area contributed by atoms with Crippen LogP contribution in [-0.2, 0) is 6.42 Å². The summed E-state index contributed by atoms with van der Waals surface area (Å²) in [7, 11) is 0. The number of hydrogen-bond donors (Lipinski definition) is 2. The van der Waals surface area contributed by atoms with Gasteiger partial charge in [0.2, 0.25) is 0 Å². The summed E-state index contributed by atoms with van der Waals surface area (Å²) in [6, 6.07) is 11.5. The standard InChI is InChI=1S/C13H20N2/c14-12-7-4-8-13(12)15-10-9-11-5-2-1-3-6-11/h1-3,5-6,12-13,15H,4,7-10,14H2/t12-,13+/m0/s1. The van der Waals surface area contributed by atoms with Gasteiger partial charge in [0.05, 0.1) is 0 Å². The van der Waals surface area contributed by atoms with Crippen LogP contribution in [0.4, 0.5) is 0 Å². The van der Waals surface area contributed by atoms with Crippen molar-refractivity contribution in [2.75, 3.05) is 6.54 Å². The van der Waals surface area contributed by atoms with Gasteiger partial charge in [0, 0.05) is 12.1 Å². The highest BCUT2D eigenvalue weighted by atomic mass is 15.0. The first-order valence-electron chi connectivity index (χ1n) is 5.89. The summed E-state index contributed by atoms with van der Waals surface area (Å²) < 4.78 is 0. The molecular weight excluding hydrogens is 184 g/mol. The van der Waals surface area contributed by atoms with Crippen molar-refractivity contribution < 1.29 is 0 Å². The summed E-state index contributed by atoms with van der Waals surface area (Å²) in [5.74, 6) is 0. The molecule has 1 aromatic carbocycles. The van der Waals surface area contributed by atoms with Gasteiger partial charge in [0.15, 0.2) is 0 Å². The van der Waals surface area contributed by atoms with Crippen molar-refractivity contribution in [1.29, 1.82) is 0 Å². The molecule has 82 valence electrons. The molecule has 15 heavy (non-hydrogen) atoms. The van der Waals surface area contributed by atoms with Crippen LogP contribution >= 0.6 is 0 Å². The Morgan fingerprint density at radius 2 is 2.00 bits per heavy atom. The van der Waals surface area contributed by atoms with Crippen LogP contribution in [-0.4, -0.2) is 18.6 Å². The average molecular weight is 204 g/mol. The fraction of sp³-hybridized carbons (Fsp3) is 0.538. The molecule has 3 N–H and O–H groups in total. The largest absolute Gasteiger partial charge is 0.326 e. The van der Waals surface area contributed by atoms with Crippen LogP contribution in [0, 0.1) is 0 Å². The molecule has 0 heterocycles. The molecule has 0 spiro atoms. The van der Waals surface area contributed by atoms with Crippen LogP contribution < -0.4 is 11.1 Å². The van der Waals surface area contributed by atoms with Crippen LogP contribution in [0.5, 0.6) is 0 Å². The predicted octanol–water partition coefficient (Wildman–Crippen LogP) is 1.70. The Labute approximate surface area is 91.9 Å². The third kappa shape index (κ3) is 3.05. The second-order valence-corrected chi connectivity index (χ2v) is 4.39. The molecule has 1 saturated carbocycles. The first-order chi connectivity index (χ1) is 7.36. The van der Waals surface area contributed by atoms with Crippen LogP contribution in [0.1, 0.15) is 24.8 Å². The van der Waals surface area contributed by atoms with Crippen LogP contribution in [0.3, 0.4) is 0 Å². The summed E-state index contributed by atoms with van der Waals surface area (Å²) in [4.78, 5) is 0. The van der Waals surface area contributed by atoms with Gasteiger partial charge >= 0.3 is 0 Å².